The van der Waals surface area contributed by atoms with Crippen LogP contribution in [-0.4, -0.2) is 51.6 Å². The Morgan fingerprint density at radius 2 is 1.75 bits per heavy atom. The van der Waals surface area contributed by atoms with Gasteiger partial charge in [-0.05, 0) is 13.8 Å². The first-order valence-corrected chi connectivity index (χ1v) is 8.56. The van der Waals surface area contributed by atoms with Crippen LogP contribution in [0.25, 0.3) is 5.65 Å². The third kappa shape index (κ3) is 2.85. The molecule has 0 N–H and O–H groups in total. The smallest absolute Gasteiger partial charge is 0.219 e. The van der Waals surface area contributed by atoms with Gasteiger partial charge in [-0.3, -0.25) is 4.79 Å². The molecule has 0 unspecified atom stereocenters. The summed E-state index contributed by atoms with van der Waals surface area (Å²) in [4.78, 5) is 20.5. The van der Waals surface area contributed by atoms with Gasteiger partial charge in [0.15, 0.2) is 5.65 Å². The molecule has 1 aliphatic rings. The van der Waals surface area contributed by atoms with Crippen molar-refractivity contribution in [2.24, 2.45) is 0 Å². The van der Waals surface area contributed by atoms with Crippen LogP contribution in [0, 0.1) is 13.8 Å². The second-order valence-corrected chi connectivity index (χ2v) is 7.69. The number of fused-ring (bicyclic) bond motifs is 1. The Bertz CT molecular complexity index is 779. The van der Waals surface area contributed by atoms with Crippen molar-refractivity contribution < 1.29 is 4.79 Å². The summed E-state index contributed by atoms with van der Waals surface area (Å²) in [5, 5.41) is 4.85. The minimum absolute atomic E-state index is 0.0138. The second kappa shape index (κ2) is 5.76. The molecule has 0 saturated carbocycles. The lowest BCUT2D eigenvalue weighted by Gasteiger charge is -2.36. The number of carbonyl (C=O) groups excluding carboxylic acids is 1. The number of nitrogens with zero attached hydrogens (tertiary/aromatic N) is 5. The lowest BCUT2D eigenvalue weighted by atomic mass is 9.93. The number of carbonyl (C=O) groups is 1. The summed E-state index contributed by atoms with van der Waals surface area (Å²) in [6.07, 6.45) is 0. The number of amides is 1. The molecule has 0 aromatic carbocycles. The fraction of sp³-hybridized carbons (Fsp3) is 0.611. The highest BCUT2D eigenvalue weighted by Gasteiger charge is 2.25. The van der Waals surface area contributed by atoms with Gasteiger partial charge in [-0.2, -0.15) is 9.61 Å². The van der Waals surface area contributed by atoms with Gasteiger partial charge >= 0.3 is 0 Å². The maximum Gasteiger partial charge on any atom is 0.219 e. The molecule has 0 atom stereocenters. The summed E-state index contributed by atoms with van der Waals surface area (Å²) in [5.74, 6) is 1.26. The van der Waals surface area contributed by atoms with E-state index in [0.717, 1.165) is 54.6 Å². The Morgan fingerprint density at radius 3 is 2.29 bits per heavy atom. The van der Waals surface area contributed by atoms with Gasteiger partial charge in [-0.25, -0.2) is 4.98 Å². The van der Waals surface area contributed by atoms with E-state index >= 15 is 0 Å². The van der Waals surface area contributed by atoms with Crippen LogP contribution in [0.2, 0.25) is 0 Å². The van der Waals surface area contributed by atoms with Gasteiger partial charge in [0, 0.05) is 55.8 Å². The number of anilines is 1. The average Bonchev–Trinajstić information content (AvgIpc) is 2.92. The minimum atomic E-state index is -0.0138. The fourth-order valence-electron chi connectivity index (χ4n) is 3.15. The van der Waals surface area contributed by atoms with Crippen molar-refractivity contribution in [2.45, 2.75) is 47.0 Å². The zero-order valence-corrected chi connectivity index (χ0v) is 15.6. The zero-order valence-electron chi connectivity index (χ0n) is 15.6. The predicted octanol–water partition coefficient (Wildman–Crippen LogP) is 2.31. The molecule has 2 aromatic rings. The number of rotatable bonds is 1. The first-order chi connectivity index (χ1) is 11.2. The Labute approximate surface area is 143 Å². The highest BCUT2D eigenvalue weighted by Crippen LogP contribution is 2.28. The van der Waals surface area contributed by atoms with E-state index in [1.54, 1.807) is 6.92 Å². The Morgan fingerprint density at radius 1 is 1.12 bits per heavy atom. The summed E-state index contributed by atoms with van der Waals surface area (Å²) in [6.45, 7) is 15.4. The van der Waals surface area contributed by atoms with E-state index in [4.69, 9.17) is 10.1 Å². The van der Waals surface area contributed by atoms with Gasteiger partial charge < -0.3 is 9.80 Å². The molecule has 1 aliphatic heterocycles. The molecular formula is C18H27N5O. The molecule has 6 nitrogen and oxygen atoms in total. The van der Waals surface area contributed by atoms with E-state index in [1.165, 1.54) is 0 Å². The largest absolute Gasteiger partial charge is 0.353 e. The van der Waals surface area contributed by atoms with Crippen molar-refractivity contribution >= 4 is 17.4 Å². The second-order valence-electron chi connectivity index (χ2n) is 7.69. The molecule has 3 rings (SSSR count). The first-order valence-electron chi connectivity index (χ1n) is 8.56. The van der Waals surface area contributed by atoms with Gasteiger partial charge in [0.05, 0.1) is 5.69 Å². The van der Waals surface area contributed by atoms with Crippen molar-refractivity contribution in [1.29, 1.82) is 0 Å². The Hall–Kier alpha value is -2.11. The van der Waals surface area contributed by atoms with Gasteiger partial charge in [0.2, 0.25) is 5.91 Å². The molecule has 0 spiro atoms. The topological polar surface area (TPSA) is 53.7 Å². The van der Waals surface area contributed by atoms with Crippen molar-refractivity contribution in [3.05, 3.63) is 23.0 Å². The molecule has 0 radical (unpaired) electrons. The zero-order chi connectivity index (χ0) is 17.6. The quantitative estimate of drug-likeness (QED) is 0.806. The molecule has 1 saturated heterocycles. The number of aromatic nitrogens is 3. The summed E-state index contributed by atoms with van der Waals surface area (Å²) >= 11 is 0. The van der Waals surface area contributed by atoms with Crippen LogP contribution in [0.15, 0.2) is 6.07 Å². The third-order valence-electron chi connectivity index (χ3n) is 4.84. The average molecular weight is 329 g/mol. The van der Waals surface area contributed by atoms with Crippen LogP contribution in [0.3, 0.4) is 0 Å². The van der Waals surface area contributed by atoms with E-state index in [0.29, 0.717) is 0 Å². The molecule has 2 aromatic heterocycles. The lowest BCUT2D eigenvalue weighted by Crippen LogP contribution is -2.48. The van der Waals surface area contributed by atoms with Gasteiger partial charge in [-0.1, -0.05) is 20.8 Å². The fourth-order valence-corrected chi connectivity index (χ4v) is 3.15. The lowest BCUT2D eigenvalue weighted by molar-refractivity contribution is -0.129. The minimum Gasteiger partial charge on any atom is -0.353 e. The van der Waals surface area contributed by atoms with E-state index < -0.39 is 0 Å². The molecule has 130 valence electrons. The van der Waals surface area contributed by atoms with Crippen LogP contribution in [0.5, 0.6) is 0 Å². The number of hydrogen-bond acceptors (Lipinski definition) is 4. The van der Waals surface area contributed by atoms with Crippen molar-refractivity contribution in [3.8, 4) is 0 Å². The van der Waals surface area contributed by atoms with Crippen LogP contribution in [-0.2, 0) is 10.2 Å². The molecule has 3 heterocycles. The summed E-state index contributed by atoms with van der Waals surface area (Å²) < 4.78 is 1.98. The maximum absolute atomic E-state index is 11.6. The van der Waals surface area contributed by atoms with Crippen molar-refractivity contribution in [3.63, 3.8) is 0 Å². The normalized spacial score (nSPS) is 16.1. The Balaban J connectivity index is 2.05. The standard InChI is InChI=1S/C18H27N5O/c1-12-13(2)19-16-11-15(18(4,5)6)20-23(16)17(12)22-9-7-21(8-10-22)14(3)24/h11H,7-10H2,1-6H3. The summed E-state index contributed by atoms with van der Waals surface area (Å²) in [7, 11) is 0. The summed E-state index contributed by atoms with van der Waals surface area (Å²) in [5.41, 5.74) is 4.12. The number of aryl methyl sites for hydroxylation is 1. The third-order valence-corrected chi connectivity index (χ3v) is 4.84. The maximum atomic E-state index is 11.6. The molecule has 1 fully saturated rings. The van der Waals surface area contributed by atoms with E-state index in [-0.39, 0.29) is 11.3 Å². The highest BCUT2D eigenvalue weighted by molar-refractivity contribution is 5.73. The van der Waals surface area contributed by atoms with Crippen molar-refractivity contribution in [1.82, 2.24) is 19.5 Å². The van der Waals surface area contributed by atoms with Crippen LogP contribution < -0.4 is 4.90 Å². The van der Waals surface area contributed by atoms with E-state index in [1.807, 2.05) is 9.42 Å². The van der Waals surface area contributed by atoms with Gasteiger partial charge in [-0.15, -0.1) is 0 Å². The number of hydrogen-bond donors (Lipinski definition) is 0. The van der Waals surface area contributed by atoms with Crippen LogP contribution in [0.1, 0.15) is 44.6 Å². The molecular weight excluding hydrogens is 302 g/mol. The SMILES string of the molecule is CC(=O)N1CCN(c2c(C)c(C)nc3cc(C(C)(C)C)nn23)CC1. The first kappa shape index (κ1) is 16.7. The monoisotopic (exact) mass is 329 g/mol. The van der Waals surface area contributed by atoms with E-state index in [2.05, 4.69) is 45.6 Å². The van der Waals surface area contributed by atoms with Crippen LogP contribution >= 0.6 is 0 Å². The van der Waals surface area contributed by atoms with Gasteiger partial charge in [0.25, 0.3) is 0 Å². The number of piperazine rings is 1. The van der Waals surface area contributed by atoms with E-state index in [9.17, 15) is 4.79 Å². The van der Waals surface area contributed by atoms with Gasteiger partial charge in [0.1, 0.15) is 5.82 Å². The summed E-state index contributed by atoms with van der Waals surface area (Å²) in [6, 6.07) is 2.09. The molecule has 0 bridgehead atoms. The highest BCUT2D eigenvalue weighted by atomic mass is 16.2. The van der Waals surface area contributed by atoms with Crippen LogP contribution in [0.4, 0.5) is 5.82 Å². The molecule has 24 heavy (non-hydrogen) atoms. The predicted molar refractivity (Wildman–Crippen MR) is 95.6 cm³/mol. The Kier molecular flexibility index (Phi) is 4.01. The van der Waals surface area contributed by atoms with Crippen molar-refractivity contribution in [2.75, 3.05) is 31.1 Å². The molecule has 6 heteroatoms. The molecule has 0 aliphatic carbocycles. The molecule has 1 amide bonds.